The van der Waals surface area contributed by atoms with Gasteiger partial charge in [0, 0.05) is 37.5 Å². The summed E-state index contributed by atoms with van der Waals surface area (Å²) >= 11 is 0. The van der Waals surface area contributed by atoms with Crippen LogP contribution in [0.3, 0.4) is 0 Å². The Bertz CT molecular complexity index is 1030. The fraction of sp³-hybridized carbons (Fsp3) is 0.625. The number of likely N-dealkylation sites (N-methyl/N-ethyl adjacent to an activating group) is 1. The molecular weight excluding hydrogens is 444 g/mol. The lowest BCUT2D eigenvalue weighted by Crippen LogP contribution is -2.50. The highest BCUT2D eigenvalue weighted by atomic mass is 32.2. The zero-order valence-corrected chi connectivity index (χ0v) is 20.5. The molecule has 2 aliphatic rings. The minimum absolute atomic E-state index is 0.00532. The molecule has 3 rings (SSSR count). The van der Waals surface area contributed by atoms with Crippen LogP contribution in [0.1, 0.15) is 45.6 Å². The van der Waals surface area contributed by atoms with Gasteiger partial charge >= 0.3 is 0 Å². The van der Waals surface area contributed by atoms with Crippen molar-refractivity contribution in [1.82, 2.24) is 9.21 Å². The topological polar surface area (TPSA) is 107 Å². The average Bonchev–Trinajstić information content (AvgIpc) is 3.57. The summed E-state index contributed by atoms with van der Waals surface area (Å²) in [7, 11) is -2.19. The van der Waals surface area contributed by atoms with E-state index in [-0.39, 0.29) is 35.6 Å². The Balaban J connectivity index is 1.99. The molecule has 182 valence electrons. The Morgan fingerprint density at radius 3 is 2.64 bits per heavy atom. The van der Waals surface area contributed by atoms with Gasteiger partial charge in [0.25, 0.3) is 0 Å². The second-order valence-corrected chi connectivity index (χ2v) is 11.1. The highest BCUT2D eigenvalue weighted by molar-refractivity contribution is 7.89. The summed E-state index contributed by atoms with van der Waals surface area (Å²) in [6.07, 6.45) is 1.42. The molecule has 1 fully saturated rings. The van der Waals surface area contributed by atoms with Crippen LogP contribution in [0.15, 0.2) is 23.1 Å². The van der Waals surface area contributed by atoms with E-state index in [1.165, 1.54) is 10.4 Å². The first-order valence-electron chi connectivity index (χ1n) is 11.4. The molecule has 0 aromatic heterocycles. The predicted octanol–water partition coefficient (Wildman–Crippen LogP) is 1.45. The van der Waals surface area contributed by atoms with Gasteiger partial charge in [-0.3, -0.25) is 4.79 Å². The van der Waals surface area contributed by atoms with Crippen molar-refractivity contribution in [3.8, 4) is 17.6 Å². The molecule has 2 N–H and O–H groups in total. The van der Waals surface area contributed by atoms with Gasteiger partial charge < -0.3 is 19.8 Å². The van der Waals surface area contributed by atoms with Crippen molar-refractivity contribution in [2.45, 2.75) is 63.2 Å². The molecule has 0 saturated heterocycles. The summed E-state index contributed by atoms with van der Waals surface area (Å²) in [5.41, 5.74) is 0.511. The highest BCUT2D eigenvalue weighted by Crippen LogP contribution is 2.35. The van der Waals surface area contributed by atoms with E-state index in [4.69, 9.17) is 4.74 Å². The number of aliphatic hydroxyl groups excluding tert-OH is 2. The number of hydrogen-bond donors (Lipinski definition) is 2. The first-order valence-corrected chi connectivity index (χ1v) is 12.8. The fourth-order valence-corrected chi connectivity index (χ4v) is 5.63. The van der Waals surface area contributed by atoms with E-state index in [2.05, 4.69) is 11.8 Å². The summed E-state index contributed by atoms with van der Waals surface area (Å²) in [5.74, 6) is 5.91. The van der Waals surface area contributed by atoms with Crippen molar-refractivity contribution >= 4 is 15.9 Å². The van der Waals surface area contributed by atoms with Crippen molar-refractivity contribution in [3.63, 3.8) is 0 Å². The van der Waals surface area contributed by atoms with E-state index in [1.54, 1.807) is 37.9 Å². The second kappa shape index (κ2) is 10.4. The third-order valence-electron chi connectivity index (χ3n) is 6.13. The van der Waals surface area contributed by atoms with Gasteiger partial charge in [-0.2, -0.15) is 4.31 Å². The zero-order valence-electron chi connectivity index (χ0n) is 19.7. The number of aliphatic hydroxyl groups is 2. The number of nitrogens with zero attached hydrogens (tertiary/aromatic N) is 2. The Morgan fingerprint density at radius 1 is 1.33 bits per heavy atom. The number of carbonyl (C=O) groups is 1. The summed E-state index contributed by atoms with van der Waals surface area (Å²) in [4.78, 5) is 14.2. The lowest BCUT2D eigenvalue weighted by atomic mass is 10.0. The second-order valence-electron chi connectivity index (χ2n) is 9.27. The number of ether oxygens (including phenoxy) is 1. The molecule has 0 radical (unpaired) electrons. The van der Waals surface area contributed by atoms with Crippen LogP contribution in [0.25, 0.3) is 0 Å². The maximum Gasteiger partial charge on any atom is 0.247 e. The number of sulfonamides is 1. The predicted molar refractivity (Wildman–Crippen MR) is 124 cm³/mol. The van der Waals surface area contributed by atoms with Crippen LogP contribution in [0.5, 0.6) is 5.75 Å². The van der Waals surface area contributed by atoms with Crippen LogP contribution in [0.4, 0.5) is 0 Å². The maximum absolute atomic E-state index is 13.5. The Labute approximate surface area is 196 Å². The summed E-state index contributed by atoms with van der Waals surface area (Å²) in [6, 6.07) is 3.96. The van der Waals surface area contributed by atoms with Crippen LogP contribution in [0, 0.1) is 23.7 Å². The smallest absolute Gasteiger partial charge is 0.247 e. The fourth-order valence-electron chi connectivity index (χ4n) is 3.81. The molecule has 0 spiro atoms. The molecule has 1 aliphatic carbocycles. The molecule has 1 aliphatic heterocycles. The first kappa shape index (κ1) is 25.5. The average molecular weight is 479 g/mol. The molecule has 1 saturated carbocycles. The minimum atomic E-state index is -3.94. The van der Waals surface area contributed by atoms with Crippen LogP contribution >= 0.6 is 0 Å². The quantitative estimate of drug-likeness (QED) is 0.600. The highest BCUT2D eigenvalue weighted by Gasteiger charge is 2.38. The lowest BCUT2D eigenvalue weighted by molar-refractivity contribution is -0.131. The normalized spacial score (nSPS) is 24.2. The molecular formula is C24H34N2O6S. The van der Waals surface area contributed by atoms with E-state index in [0.717, 1.165) is 12.8 Å². The van der Waals surface area contributed by atoms with Crippen LogP contribution in [0.2, 0.25) is 0 Å². The number of amides is 1. The Morgan fingerprint density at radius 2 is 2.03 bits per heavy atom. The van der Waals surface area contributed by atoms with E-state index in [9.17, 15) is 23.4 Å². The number of hydrogen-bond acceptors (Lipinski definition) is 6. The van der Waals surface area contributed by atoms with Crippen molar-refractivity contribution < 1.29 is 28.2 Å². The largest absolute Gasteiger partial charge is 0.487 e. The summed E-state index contributed by atoms with van der Waals surface area (Å²) < 4.78 is 34.5. The van der Waals surface area contributed by atoms with Crippen molar-refractivity contribution in [3.05, 3.63) is 23.8 Å². The molecule has 9 heteroatoms. The van der Waals surface area contributed by atoms with Gasteiger partial charge in [0.05, 0.1) is 13.2 Å². The van der Waals surface area contributed by atoms with Gasteiger partial charge in [0.2, 0.25) is 15.9 Å². The number of benzene rings is 1. The van der Waals surface area contributed by atoms with Crippen molar-refractivity contribution in [2.24, 2.45) is 11.8 Å². The first-order chi connectivity index (χ1) is 15.5. The molecule has 33 heavy (non-hydrogen) atoms. The van der Waals surface area contributed by atoms with Crippen molar-refractivity contribution in [1.29, 1.82) is 0 Å². The SMILES string of the molecule is C[C@@H]1CN([C@@H](C)CO)S(=O)(=O)c2ccc(C#C[C@@H](C)O)cc2O[C@@H]1CN(C)C(=O)CC1CC1. The van der Waals surface area contributed by atoms with E-state index < -0.39 is 28.3 Å². The molecule has 1 aromatic carbocycles. The minimum Gasteiger partial charge on any atom is -0.487 e. The van der Waals surface area contributed by atoms with Crippen LogP contribution < -0.4 is 4.74 Å². The van der Waals surface area contributed by atoms with Gasteiger partial charge in [0.15, 0.2) is 0 Å². The Hall–Kier alpha value is -2.12. The number of carbonyl (C=O) groups excluding carboxylic acids is 1. The van der Waals surface area contributed by atoms with Gasteiger partial charge in [-0.15, -0.1) is 0 Å². The van der Waals surface area contributed by atoms with Crippen LogP contribution in [-0.4, -0.2) is 78.7 Å². The third kappa shape index (κ3) is 6.27. The third-order valence-corrected chi connectivity index (χ3v) is 8.15. The summed E-state index contributed by atoms with van der Waals surface area (Å²) in [6.45, 7) is 5.25. The van der Waals surface area contributed by atoms with Gasteiger partial charge in [-0.1, -0.05) is 18.8 Å². The number of rotatable bonds is 6. The maximum atomic E-state index is 13.5. The van der Waals surface area contributed by atoms with Gasteiger partial charge in [-0.25, -0.2) is 8.42 Å². The molecule has 1 aromatic rings. The van der Waals surface area contributed by atoms with E-state index in [1.807, 2.05) is 6.92 Å². The number of fused-ring (bicyclic) bond motifs is 1. The Kier molecular flexibility index (Phi) is 8.06. The van der Waals surface area contributed by atoms with E-state index in [0.29, 0.717) is 24.4 Å². The summed E-state index contributed by atoms with van der Waals surface area (Å²) in [5, 5.41) is 19.2. The molecule has 1 heterocycles. The van der Waals surface area contributed by atoms with Gasteiger partial charge in [0.1, 0.15) is 22.9 Å². The molecule has 8 nitrogen and oxygen atoms in total. The van der Waals surface area contributed by atoms with E-state index >= 15 is 0 Å². The zero-order chi connectivity index (χ0) is 24.3. The van der Waals surface area contributed by atoms with Crippen molar-refractivity contribution in [2.75, 3.05) is 26.7 Å². The lowest BCUT2D eigenvalue weighted by Gasteiger charge is -2.37. The standard InChI is InChI=1S/C24H34N2O6S/c1-16-13-26(17(2)15-27)33(30,31)23-10-9-19(6-5-18(3)28)11-21(23)32-22(16)14-25(4)24(29)12-20-7-8-20/h9-11,16-18,20,22,27-28H,7-8,12-15H2,1-4H3/t16-,17+,18-,22-/m1/s1. The molecule has 4 atom stereocenters. The monoisotopic (exact) mass is 478 g/mol. The van der Waals surface area contributed by atoms with Gasteiger partial charge in [-0.05, 0) is 50.8 Å². The van der Waals surface area contributed by atoms with Crippen LogP contribution in [-0.2, 0) is 14.8 Å². The molecule has 0 bridgehead atoms. The molecule has 1 amide bonds. The molecule has 0 unspecified atom stereocenters.